The Morgan fingerprint density at radius 1 is 1.20 bits per heavy atom. The van der Waals surface area contributed by atoms with Crippen molar-refractivity contribution in [1.82, 2.24) is 0 Å². The maximum Gasteiger partial charge on any atom is 0.200 e. The van der Waals surface area contributed by atoms with Crippen molar-refractivity contribution in [3.63, 3.8) is 0 Å². The molecule has 0 aliphatic rings. The molecular formula is C16H13FO3. The number of carbonyl (C=O) groups is 2. The molecule has 0 fully saturated rings. The highest BCUT2D eigenvalue weighted by atomic mass is 19.1. The first-order valence-electron chi connectivity index (χ1n) is 6.07. The van der Waals surface area contributed by atoms with Crippen molar-refractivity contribution in [2.75, 3.05) is 6.61 Å². The number of rotatable bonds is 5. The third kappa shape index (κ3) is 3.51. The van der Waals surface area contributed by atoms with E-state index in [1.165, 1.54) is 6.07 Å². The molecule has 0 saturated carbocycles. The lowest BCUT2D eigenvalue weighted by Crippen LogP contribution is -2.11. The van der Waals surface area contributed by atoms with Crippen LogP contribution in [-0.4, -0.2) is 18.7 Å². The number of hydrogen-bond donors (Lipinski definition) is 0. The molecule has 0 N–H and O–H groups in total. The van der Waals surface area contributed by atoms with Crippen molar-refractivity contribution >= 4 is 12.1 Å². The number of aryl methyl sites for hydroxylation is 1. The molecule has 0 aromatic heterocycles. The third-order valence-electron chi connectivity index (χ3n) is 2.77. The Hall–Kier alpha value is -2.49. The molecular weight excluding hydrogens is 259 g/mol. The lowest BCUT2D eigenvalue weighted by Gasteiger charge is -2.06. The van der Waals surface area contributed by atoms with E-state index in [0.717, 1.165) is 17.7 Å². The number of ether oxygens (including phenoxy) is 1. The number of carbonyl (C=O) groups excluding carboxylic acids is 2. The molecule has 102 valence electrons. The summed E-state index contributed by atoms with van der Waals surface area (Å²) >= 11 is 0. The molecule has 2 aromatic carbocycles. The summed E-state index contributed by atoms with van der Waals surface area (Å²) in [5.74, 6) is -0.623. The maximum atomic E-state index is 13.2. The molecule has 4 heteroatoms. The van der Waals surface area contributed by atoms with Crippen LogP contribution >= 0.6 is 0 Å². The lowest BCUT2D eigenvalue weighted by molar-refractivity contribution is 0.0921. The quantitative estimate of drug-likeness (QED) is 0.620. The third-order valence-corrected chi connectivity index (χ3v) is 2.77. The Bertz CT molecular complexity index is 633. The van der Waals surface area contributed by atoms with Gasteiger partial charge in [-0.1, -0.05) is 29.8 Å². The average Bonchev–Trinajstić information content (AvgIpc) is 2.45. The minimum atomic E-state index is -0.576. The zero-order valence-corrected chi connectivity index (χ0v) is 10.9. The van der Waals surface area contributed by atoms with Crippen LogP contribution < -0.4 is 4.74 Å². The van der Waals surface area contributed by atoms with Gasteiger partial charge in [0.05, 0.1) is 0 Å². The number of ketones is 1. The Balaban J connectivity index is 2.05. The molecule has 20 heavy (non-hydrogen) atoms. The predicted molar refractivity (Wildman–Crippen MR) is 72.8 cm³/mol. The summed E-state index contributed by atoms with van der Waals surface area (Å²) in [5.41, 5.74) is 1.76. The molecule has 0 spiro atoms. The second kappa shape index (κ2) is 6.10. The zero-order chi connectivity index (χ0) is 14.5. The summed E-state index contributed by atoms with van der Waals surface area (Å²) in [5, 5.41) is 0. The lowest BCUT2D eigenvalue weighted by atomic mass is 10.1. The molecule has 0 unspecified atom stereocenters. The van der Waals surface area contributed by atoms with Crippen LogP contribution in [0.3, 0.4) is 0 Å². The minimum Gasteiger partial charge on any atom is -0.485 e. The molecule has 3 nitrogen and oxygen atoms in total. The van der Waals surface area contributed by atoms with E-state index in [4.69, 9.17) is 4.74 Å². The van der Waals surface area contributed by atoms with Crippen molar-refractivity contribution in [1.29, 1.82) is 0 Å². The number of halogens is 1. The van der Waals surface area contributed by atoms with E-state index in [1.54, 1.807) is 12.1 Å². The van der Waals surface area contributed by atoms with Crippen LogP contribution in [0.4, 0.5) is 4.39 Å². The fourth-order valence-electron chi connectivity index (χ4n) is 1.71. The highest BCUT2D eigenvalue weighted by Crippen LogP contribution is 2.16. The summed E-state index contributed by atoms with van der Waals surface area (Å²) in [6.45, 7) is 1.73. The van der Waals surface area contributed by atoms with E-state index in [-0.39, 0.29) is 23.7 Å². The van der Waals surface area contributed by atoms with E-state index >= 15 is 0 Å². The van der Waals surface area contributed by atoms with Gasteiger partial charge in [0.25, 0.3) is 0 Å². The van der Waals surface area contributed by atoms with Crippen LogP contribution in [-0.2, 0) is 0 Å². The van der Waals surface area contributed by atoms with E-state index < -0.39 is 5.82 Å². The predicted octanol–water partition coefficient (Wildman–Crippen LogP) is 3.21. The summed E-state index contributed by atoms with van der Waals surface area (Å²) in [7, 11) is 0. The smallest absolute Gasteiger partial charge is 0.200 e. The van der Waals surface area contributed by atoms with Crippen molar-refractivity contribution < 1.29 is 18.7 Å². The van der Waals surface area contributed by atoms with Gasteiger partial charge >= 0.3 is 0 Å². The van der Waals surface area contributed by atoms with Crippen LogP contribution in [0, 0.1) is 12.7 Å². The maximum absolute atomic E-state index is 13.2. The van der Waals surface area contributed by atoms with Crippen molar-refractivity contribution in [3.8, 4) is 5.75 Å². The van der Waals surface area contributed by atoms with E-state index in [0.29, 0.717) is 11.8 Å². The topological polar surface area (TPSA) is 43.4 Å². The van der Waals surface area contributed by atoms with E-state index in [2.05, 4.69) is 0 Å². The minimum absolute atomic E-state index is 0.160. The van der Waals surface area contributed by atoms with E-state index in [1.807, 2.05) is 19.1 Å². The fourth-order valence-corrected chi connectivity index (χ4v) is 1.71. The van der Waals surface area contributed by atoms with Crippen LogP contribution in [0.15, 0.2) is 42.5 Å². The van der Waals surface area contributed by atoms with Crippen LogP contribution in [0.25, 0.3) is 0 Å². The summed E-state index contributed by atoms with van der Waals surface area (Å²) in [6.07, 6.45) is 0.526. The summed E-state index contributed by atoms with van der Waals surface area (Å²) in [6, 6.07) is 10.7. The van der Waals surface area contributed by atoms with Crippen molar-refractivity contribution in [2.45, 2.75) is 6.92 Å². The number of benzene rings is 2. The fraction of sp³-hybridized carbons (Fsp3) is 0.125. The van der Waals surface area contributed by atoms with Gasteiger partial charge in [0.1, 0.15) is 17.9 Å². The van der Waals surface area contributed by atoms with Gasteiger partial charge < -0.3 is 4.74 Å². The standard InChI is InChI=1S/C16H13FO3/c1-11-2-4-13(5-3-11)16(19)10-20-15-7-12(9-18)6-14(17)8-15/h2-9H,10H2,1H3. The Morgan fingerprint density at radius 3 is 2.55 bits per heavy atom. The van der Waals surface area contributed by atoms with Crippen molar-refractivity contribution in [2.24, 2.45) is 0 Å². The van der Waals surface area contributed by atoms with Gasteiger partial charge in [0, 0.05) is 17.2 Å². The molecule has 0 bridgehead atoms. The Kier molecular flexibility index (Phi) is 4.25. The number of hydrogen-bond acceptors (Lipinski definition) is 3. The molecule has 0 amide bonds. The van der Waals surface area contributed by atoms with Gasteiger partial charge in [-0.15, -0.1) is 0 Å². The van der Waals surface area contributed by atoms with Crippen LogP contribution in [0.2, 0.25) is 0 Å². The molecule has 0 heterocycles. The van der Waals surface area contributed by atoms with Gasteiger partial charge in [0.15, 0.2) is 12.4 Å². The number of aldehydes is 1. The normalized spacial score (nSPS) is 10.1. The molecule has 2 rings (SSSR count). The zero-order valence-electron chi connectivity index (χ0n) is 10.9. The van der Waals surface area contributed by atoms with Gasteiger partial charge in [-0.05, 0) is 19.1 Å². The van der Waals surface area contributed by atoms with E-state index in [9.17, 15) is 14.0 Å². The highest BCUT2D eigenvalue weighted by Gasteiger charge is 2.08. The molecule has 0 aliphatic carbocycles. The largest absolute Gasteiger partial charge is 0.485 e. The Labute approximate surface area is 116 Å². The van der Waals surface area contributed by atoms with Gasteiger partial charge in [0.2, 0.25) is 0 Å². The molecule has 0 radical (unpaired) electrons. The van der Waals surface area contributed by atoms with Crippen LogP contribution in [0.5, 0.6) is 5.75 Å². The monoisotopic (exact) mass is 272 g/mol. The molecule has 2 aromatic rings. The van der Waals surface area contributed by atoms with Crippen LogP contribution in [0.1, 0.15) is 26.3 Å². The second-order valence-corrected chi connectivity index (χ2v) is 4.42. The first-order valence-corrected chi connectivity index (χ1v) is 6.07. The summed E-state index contributed by atoms with van der Waals surface area (Å²) < 4.78 is 18.4. The molecule has 0 aliphatic heterocycles. The molecule has 0 saturated heterocycles. The van der Waals surface area contributed by atoms with Gasteiger partial charge in [-0.25, -0.2) is 4.39 Å². The van der Waals surface area contributed by atoms with Gasteiger partial charge in [-0.2, -0.15) is 0 Å². The average molecular weight is 272 g/mol. The molecule has 0 atom stereocenters. The first kappa shape index (κ1) is 13.9. The first-order chi connectivity index (χ1) is 9.58. The highest BCUT2D eigenvalue weighted by molar-refractivity contribution is 5.97. The van der Waals surface area contributed by atoms with Gasteiger partial charge in [-0.3, -0.25) is 9.59 Å². The SMILES string of the molecule is Cc1ccc(C(=O)COc2cc(F)cc(C=O)c2)cc1. The Morgan fingerprint density at radius 2 is 1.90 bits per heavy atom. The number of Topliss-reactive ketones (excluding diaryl/α,β-unsaturated/α-hetero) is 1. The second-order valence-electron chi connectivity index (χ2n) is 4.42. The van der Waals surface area contributed by atoms with Crippen molar-refractivity contribution in [3.05, 3.63) is 65.0 Å². The summed E-state index contributed by atoms with van der Waals surface area (Å²) in [4.78, 5) is 22.5.